The summed E-state index contributed by atoms with van der Waals surface area (Å²) in [5.74, 6) is -0.973. The Morgan fingerprint density at radius 2 is 1.86 bits per heavy atom. The lowest BCUT2D eigenvalue weighted by Gasteiger charge is -2.07. The number of ketones is 1. The van der Waals surface area contributed by atoms with Gasteiger partial charge >= 0.3 is 5.97 Å². The van der Waals surface area contributed by atoms with E-state index in [2.05, 4.69) is 6.92 Å². The fraction of sp³-hybridized carbons (Fsp3) is 0.818. The van der Waals surface area contributed by atoms with Gasteiger partial charge < -0.3 is 5.11 Å². The van der Waals surface area contributed by atoms with Gasteiger partial charge in [0.05, 0.1) is 0 Å². The number of carbonyl (C=O) groups excluding carboxylic acids is 1. The number of carboxylic acids is 1. The van der Waals surface area contributed by atoms with Gasteiger partial charge in [0.15, 0.2) is 0 Å². The van der Waals surface area contributed by atoms with Gasteiger partial charge in [0, 0.05) is 6.42 Å². The lowest BCUT2D eigenvalue weighted by atomic mass is 9.96. The molecule has 0 atom stereocenters. The Bertz CT molecular complexity index is 229. The molecule has 1 saturated carbocycles. The summed E-state index contributed by atoms with van der Waals surface area (Å²) in [4.78, 5) is 22.3. The van der Waals surface area contributed by atoms with Gasteiger partial charge in [-0.2, -0.15) is 0 Å². The van der Waals surface area contributed by atoms with E-state index in [1.165, 1.54) is 0 Å². The quantitative estimate of drug-likeness (QED) is 0.504. The van der Waals surface area contributed by atoms with Gasteiger partial charge in [-0.3, -0.25) is 9.59 Å². The summed E-state index contributed by atoms with van der Waals surface area (Å²) in [6.45, 7) is 2.11. The van der Waals surface area contributed by atoms with E-state index in [0.29, 0.717) is 19.3 Å². The van der Waals surface area contributed by atoms with Gasteiger partial charge in [-0.1, -0.05) is 26.2 Å². The third-order valence-corrected chi connectivity index (χ3v) is 2.95. The van der Waals surface area contributed by atoms with Crippen molar-refractivity contribution in [3.63, 3.8) is 0 Å². The van der Waals surface area contributed by atoms with Crippen LogP contribution in [0.2, 0.25) is 0 Å². The van der Waals surface area contributed by atoms with E-state index >= 15 is 0 Å². The third kappa shape index (κ3) is 2.34. The average Bonchev–Trinajstić information content (AvgIpc) is 2.92. The van der Waals surface area contributed by atoms with Crippen LogP contribution in [-0.2, 0) is 9.59 Å². The summed E-state index contributed by atoms with van der Waals surface area (Å²) in [5.41, 5.74) is -0.966. The molecule has 1 aliphatic rings. The molecule has 0 amide bonds. The highest BCUT2D eigenvalue weighted by Crippen LogP contribution is 2.47. The number of unbranched alkanes of at least 4 members (excludes halogenated alkanes) is 3. The van der Waals surface area contributed by atoms with Crippen molar-refractivity contribution < 1.29 is 14.7 Å². The fourth-order valence-electron chi connectivity index (χ4n) is 1.69. The van der Waals surface area contributed by atoms with Crippen molar-refractivity contribution in [2.24, 2.45) is 5.41 Å². The summed E-state index contributed by atoms with van der Waals surface area (Å²) >= 11 is 0. The van der Waals surface area contributed by atoms with Gasteiger partial charge in [-0.15, -0.1) is 0 Å². The van der Waals surface area contributed by atoms with Gasteiger partial charge in [0.1, 0.15) is 11.2 Å². The summed E-state index contributed by atoms with van der Waals surface area (Å²) in [5, 5.41) is 8.86. The minimum Gasteiger partial charge on any atom is -0.480 e. The number of carboxylic acid groups (broad SMARTS) is 1. The van der Waals surface area contributed by atoms with Crippen molar-refractivity contribution in [1.82, 2.24) is 0 Å². The first-order valence-corrected chi connectivity index (χ1v) is 5.40. The first-order chi connectivity index (χ1) is 6.63. The predicted molar refractivity (Wildman–Crippen MR) is 53.1 cm³/mol. The molecule has 80 valence electrons. The molecule has 3 heteroatoms. The molecule has 0 heterocycles. The van der Waals surface area contributed by atoms with Crippen LogP contribution in [0.4, 0.5) is 0 Å². The molecule has 1 N–H and O–H groups in total. The summed E-state index contributed by atoms with van der Waals surface area (Å²) in [6.07, 6.45) is 5.71. The topological polar surface area (TPSA) is 54.4 Å². The van der Waals surface area contributed by atoms with E-state index in [1.54, 1.807) is 0 Å². The normalized spacial score (nSPS) is 17.8. The maximum absolute atomic E-state index is 11.6. The van der Waals surface area contributed by atoms with Gasteiger partial charge in [-0.05, 0) is 19.3 Å². The van der Waals surface area contributed by atoms with E-state index in [4.69, 9.17) is 5.11 Å². The van der Waals surface area contributed by atoms with E-state index in [9.17, 15) is 9.59 Å². The molecule has 3 nitrogen and oxygen atoms in total. The Kier molecular flexibility index (Phi) is 3.67. The molecule has 0 radical (unpaired) electrons. The van der Waals surface area contributed by atoms with Crippen molar-refractivity contribution in [2.75, 3.05) is 0 Å². The largest absolute Gasteiger partial charge is 0.480 e. The lowest BCUT2D eigenvalue weighted by molar-refractivity contribution is -0.148. The van der Waals surface area contributed by atoms with E-state index in [0.717, 1.165) is 25.7 Å². The Hall–Kier alpha value is -0.860. The Labute approximate surface area is 84.5 Å². The maximum Gasteiger partial charge on any atom is 0.317 e. The maximum atomic E-state index is 11.6. The fourth-order valence-corrected chi connectivity index (χ4v) is 1.69. The monoisotopic (exact) mass is 198 g/mol. The predicted octanol–water partition coefficient (Wildman–Crippen LogP) is 2.39. The third-order valence-electron chi connectivity index (χ3n) is 2.95. The van der Waals surface area contributed by atoms with Gasteiger partial charge in [0.25, 0.3) is 0 Å². The number of hydrogen-bond donors (Lipinski definition) is 1. The van der Waals surface area contributed by atoms with Crippen LogP contribution in [0.3, 0.4) is 0 Å². The summed E-state index contributed by atoms with van der Waals surface area (Å²) in [7, 11) is 0. The highest BCUT2D eigenvalue weighted by atomic mass is 16.4. The molecule has 0 saturated heterocycles. The molecule has 0 aromatic carbocycles. The van der Waals surface area contributed by atoms with E-state index in [1.807, 2.05) is 0 Å². The van der Waals surface area contributed by atoms with Crippen molar-refractivity contribution in [3.8, 4) is 0 Å². The minimum atomic E-state index is -0.966. The molecule has 0 aromatic heterocycles. The minimum absolute atomic E-state index is 0.0545. The molecule has 1 rings (SSSR count). The van der Waals surface area contributed by atoms with Crippen LogP contribution >= 0.6 is 0 Å². The van der Waals surface area contributed by atoms with E-state index in [-0.39, 0.29) is 5.78 Å². The second-order valence-electron chi connectivity index (χ2n) is 4.12. The molecule has 1 aliphatic carbocycles. The van der Waals surface area contributed by atoms with Crippen LogP contribution in [-0.4, -0.2) is 16.9 Å². The number of Topliss-reactive ketones (excluding diaryl/α,β-unsaturated/α-hetero) is 1. The zero-order valence-electron chi connectivity index (χ0n) is 8.71. The molecular weight excluding hydrogens is 180 g/mol. The first-order valence-electron chi connectivity index (χ1n) is 5.40. The molecule has 0 aromatic rings. The molecule has 1 fully saturated rings. The van der Waals surface area contributed by atoms with E-state index < -0.39 is 11.4 Å². The molecule has 0 aliphatic heterocycles. The van der Waals surface area contributed by atoms with Crippen LogP contribution in [0.15, 0.2) is 0 Å². The number of hydrogen-bond acceptors (Lipinski definition) is 2. The molecule has 14 heavy (non-hydrogen) atoms. The van der Waals surface area contributed by atoms with Crippen LogP contribution in [0.25, 0.3) is 0 Å². The van der Waals surface area contributed by atoms with Gasteiger partial charge in [-0.25, -0.2) is 0 Å². The second kappa shape index (κ2) is 4.58. The first kappa shape index (κ1) is 11.2. The number of rotatable bonds is 7. The lowest BCUT2D eigenvalue weighted by Crippen LogP contribution is -2.25. The van der Waals surface area contributed by atoms with Crippen LogP contribution in [0.5, 0.6) is 0 Å². The average molecular weight is 198 g/mol. The number of carbonyl (C=O) groups is 2. The van der Waals surface area contributed by atoms with Gasteiger partial charge in [0.2, 0.25) is 0 Å². The molecular formula is C11H18O3. The molecule has 0 unspecified atom stereocenters. The zero-order chi connectivity index (χ0) is 10.6. The second-order valence-corrected chi connectivity index (χ2v) is 4.12. The smallest absolute Gasteiger partial charge is 0.317 e. The van der Waals surface area contributed by atoms with Crippen LogP contribution in [0, 0.1) is 5.41 Å². The van der Waals surface area contributed by atoms with Crippen LogP contribution < -0.4 is 0 Å². The Morgan fingerprint density at radius 1 is 1.21 bits per heavy atom. The highest BCUT2D eigenvalue weighted by Gasteiger charge is 2.55. The number of aliphatic carboxylic acids is 1. The summed E-state index contributed by atoms with van der Waals surface area (Å²) in [6, 6.07) is 0. The zero-order valence-corrected chi connectivity index (χ0v) is 8.71. The standard InChI is InChI=1S/C11H18O3/c1-2-3-4-5-6-9(12)11(7-8-11)10(13)14/h2-8H2,1H3,(H,13,14). The van der Waals surface area contributed by atoms with Crippen molar-refractivity contribution >= 4 is 11.8 Å². The van der Waals surface area contributed by atoms with Crippen molar-refractivity contribution in [2.45, 2.75) is 51.9 Å². The molecule has 0 spiro atoms. The van der Waals surface area contributed by atoms with Crippen LogP contribution in [0.1, 0.15) is 51.9 Å². The SMILES string of the molecule is CCCCCCC(=O)C1(C(=O)O)CC1. The summed E-state index contributed by atoms with van der Waals surface area (Å²) < 4.78 is 0. The molecule has 0 bridgehead atoms. The Morgan fingerprint density at radius 3 is 2.29 bits per heavy atom. The van der Waals surface area contributed by atoms with Crippen molar-refractivity contribution in [1.29, 1.82) is 0 Å². The Balaban J connectivity index is 2.25. The van der Waals surface area contributed by atoms with Crippen molar-refractivity contribution in [3.05, 3.63) is 0 Å². The highest BCUT2D eigenvalue weighted by molar-refractivity contribution is 6.05.